The summed E-state index contributed by atoms with van der Waals surface area (Å²) in [6, 6.07) is 8.34. The van der Waals surface area contributed by atoms with Crippen LogP contribution in [0.15, 0.2) is 42.9 Å². The fourth-order valence-electron chi connectivity index (χ4n) is 2.08. The molecule has 2 aromatic heterocycles. The molecule has 0 spiro atoms. The fraction of sp³-hybridized carbons (Fsp3) is 0.200. The molecule has 2 heterocycles. The van der Waals surface area contributed by atoms with Gasteiger partial charge in [0.2, 0.25) is 5.78 Å². The van der Waals surface area contributed by atoms with Crippen molar-refractivity contribution < 1.29 is 0 Å². The Hall–Kier alpha value is -2.56. The molecule has 0 aliphatic heterocycles. The van der Waals surface area contributed by atoms with Crippen LogP contribution < -0.4 is 10.2 Å². The number of hydrogen-bond donors (Lipinski definition) is 1. The van der Waals surface area contributed by atoms with E-state index in [1.807, 2.05) is 37.9 Å². The van der Waals surface area contributed by atoms with Gasteiger partial charge >= 0.3 is 0 Å². The molecule has 5 nitrogen and oxygen atoms in total. The van der Waals surface area contributed by atoms with Gasteiger partial charge in [0, 0.05) is 44.8 Å². The largest absolute Gasteiger partial charge is 0.386 e. The number of imidazole rings is 1. The monoisotopic (exact) mass is 267 g/mol. The van der Waals surface area contributed by atoms with Crippen molar-refractivity contribution in [2.45, 2.75) is 0 Å². The maximum Gasteiger partial charge on any atom is 0.234 e. The van der Waals surface area contributed by atoms with Crippen LogP contribution in [0.25, 0.3) is 17.0 Å². The minimum absolute atomic E-state index is 0.704. The number of aromatic nitrogens is 3. The summed E-state index contributed by atoms with van der Waals surface area (Å²) in [5, 5.41) is 3.07. The first kappa shape index (κ1) is 12.5. The molecule has 0 saturated heterocycles. The molecule has 0 amide bonds. The SMILES string of the molecule is CNc1cnc2nc(-c3ccc(N(C)C)cc3)cn2c1. The second kappa shape index (κ2) is 4.85. The van der Waals surface area contributed by atoms with Crippen molar-refractivity contribution in [1.82, 2.24) is 14.4 Å². The fourth-order valence-corrected chi connectivity index (χ4v) is 2.08. The number of hydrogen-bond acceptors (Lipinski definition) is 4. The van der Waals surface area contributed by atoms with E-state index in [0.717, 1.165) is 16.9 Å². The second-order valence-corrected chi connectivity index (χ2v) is 4.87. The Bertz CT molecular complexity index is 728. The summed E-state index contributed by atoms with van der Waals surface area (Å²) in [7, 11) is 5.94. The normalized spacial score (nSPS) is 10.8. The summed E-state index contributed by atoms with van der Waals surface area (Å²) in [5.41, 5.74) is 4.15. The molecule has 0 radical (unpaired) electrons. The van der Waals surface area contributed by atoms with Crippen molar-refractivity contribution in [2.24, 2.45) is 0 Å². The van der Waals surface area contributed by atoms with Crippen LogP contribution in [0.1, 0.15) is 0 Å². The van der Waals surface area contributed by atoms with Crippen molar-refractivity contribution in [3.63, 3.8) is 0 Å². The Morgan fingerprint density at radius 2 is 1.85 bits per heavy atom. The van der Waals surface area contributed by atoms with Gasteiger partial charge in [0.1, 0.15) is 0 Å². The predicted molar refractivity (Wildman–Crippen MR) is 82.3 cm³/mol. The smallest absolute Gasteiger partial charge is 0.234 e. The van der Waals surface area contributed by atoms with E-state index in [0.29, 0.717) is 5.78 Å². The zero-order chi connectivity index (χ0) is 14.1. The van der Waals surface area contributed by atoms with Crippen molar-refractivity contribution in [3.05, 3.63) is 42.9 Å². The van der Waals surface area contributed by atoms with Gasteiger partial charge in [-0.1, -0.05) is 12.1 Å². The van der Waals surface area contributed by atoms with Gasteiger partial charge in [0.15, 0.2) is 0 Å². The summed E-state index contributed by atoms with van der Waals surface area (Å²) in [6.07, 6.45) is 5.75. The zero-order valence-corrected chi connectivity index (χ0v) is 11.8. The lowest BCUT2D eigenvalue weighted by Crippen LogP contribution is -2.07. The minimum Gasteiger partial charge on any atom is -0.386 e. The number of fused-ring (bicyclic) bond motifs is 1. The van der Waals surface area contributed by atoms with Crippen molar-refractivity contribution >= 4 is 17.2 Å². The topological polar surface area (TPSA) is 45.5 Å². The highest BCUT2D eigenvalue weighted by Crippen LogP contribution is 2.22. The molecule has 5 heteroatoms. The lowest BCUT2D eigenvalue weighted by atomic mass is 10.1. The number of rotatable bonds is 3. The first-order valence-corrected chi connectivity index (χ1v) is 6.47. The van der Waals surface area contributed by atoms with E-state index in [4.69, 9.17) is 0 Å². The molecule has 1 aromatic carbocycles. The third kappa shape index (κ3) is 2.18. The molecule has 20 heavy (non-hydrogen) atoms. The first-order valence-electron chi connectivity index (χ1n) is 6.47. The molecule has 102 valence electrons. The maximum absolute atomic E-state index is 4.54. The molecule has 3 aromatic rings. The van der Waals surface area contributed by atoms with Gasteiger partial charge in [-0.05, 0) is 12.1 Å². The molecule has 0 atom stereocenters. The van der Waals surface area contributed by atoms with Crippen LogP contribution in [0.3, 0.4) is 0 Å². The lowest BCUT2D eigenvalue weighted by molar-refractivity contribution is 1.11. The average Bonchev–Trinajstić information content (AvgIpc) is 2.90. The van der Waals surface area contributed by atoms with Gasteiger partial charge in [-0.15, -0.1) is 0 Å². The standard InChI is InChI=1S/C15H17N5/c1-16-12-8-17-15-18-14(10-20(15)9-12)11-4-6-13(7-5-11)19(2)3/h4-10,16H,1-3H3. The number of benzene rings is 1. The van der Waals surface area contributed by atoms with Gasteiger partial charge in [0.05, 0.1) is 17.6 Å². The first-order chi connectivity index (χ1) is 9.67. The highest BCUT2D eigenvalue weighted by molar-refractivity contribution is 5.65. The molecule has 0 fully saturated rings. The molecular formula is C15H17N5. The van der Waals surface area contributed by atoms with E-state index in [1.165, 1.54) is 5.69 Å². The zero-order valence-electron chi connectivity index (χ0n) is 11.8. The van der Waals surface area contributed by atoms with Crippen LogP contribution in [0, 0.1) is 0 Å². The van der Waals surface area contributed by atoms with Crippen molar-refractivity contribution in [2.75, 3.05) is 31.4 Å². The Labute approximate surface area is 117 Å². The van der Waals surface area contributed by atoms with Crippen molar-refractivity contribution in [3.8, 4) is 11.3 Å². The van der Waals surface area contributed by atoms with E-state index in [9.17, 15) is 0 Å². The Kier molecular flexibility index (Phi) is 3.02. The summed E-state index contributed by atoms with van der Waals surface area (Å²) in [4.78, 5) is 10.9. The van der Waals surface area contributed by atoms with E-state index < -0.39 is 0 Å². The molecule has 0 unspecified atom stereocenters. The molecule has 0 aliphatic rings. The van der Waals surface area contributed by atoms with Gasteiger partial charge in [0.25, 0.3) is 0 Å². The average molecular weight is 267 g/mol. The van der Waals surface area contributed by atoms with E-state index in [2.05, 4.69) is 44.5 Å². The third-order valence-corrected chi connectivity index (χ3v) is 3.28. The molecule has 3 rings (SSSR count). The van der Waals surface area contributed by atoms with Crippen LogP contribution >= 0.6 is 0 Å². The van der Waals surface area contributed by atoms with Crippen LogP contribution in [0.5, 0.6) is 0 Å². The number of nitrogens with one attached hydrogen (secondary N) is 1. The van der Waals surface area contributed by atoms with Crippen LogP contribution in [0.4, 0.5) is 11.4 Å². The summed E-state index contributed by atoms with van der Waals surface area (Å²) >= 11 is 0. The summed E-state index contributed by atoms with van der Waals surface area (Å²) in [6.45, 7) is 0. The lowest BCUT2D eigenvalue weighted by Gasteiger charge is -2.11. The van der Waals surface area contributed by atoms with E-state index in [-0.39, 0.29) is 0 Å². The second-order valence-electron chi connectivity index (χ2n) is 4.87. The van der Waals surface area contributed by atoms with Gasteiger partial charge < -0.3 is 10.2 Å². The summed E-state index contributed by atoms with van der Waals surface area (Å²) in [5.74, 6) is 0.704. The van der Waals surface area contributed by atoms with Gasteiger partial charge in [-0.2, -0.15) is 0 Å². The van der Waals surface area contributed by atoms with Crippen LogP contribution in [-0.4, -0.2) is 35.5 Å². The van der Waals surface area contributed by atoms with Gasteiger partial charge in [-0.25, -0.2) is 9.97 Å². The highest BCUT2D eigenvalue weighted by atomic mass is 15.1. The number of anilines is 2. The van der Waals surface area contributed by atoms with Crippen LogP contribution in [-0.2, 0) is 0 Å². The summed E-state index contributed by atoms with van der Waals surface area (Å²) < 4.78 is 1.93. The molecule has 0 bridgehead atoms. The van der Waals surface area contributed by atoms with E-state index >= 15 is 0 Å². The van der Waals surface area contributed by atoms with E-state index in [1.54, 1.807) is 6.20 Å². The highest BCUT2D eigenvalue weighted by Gasteiger charge is 2.06. The quantitative estimate of drug-likeness (QED) is 0.792. The maximum atomic E-state index is 4.54. The molecular weight excluding hydrogens is 250 g/mol. The Morgan fingerprint density at radius 3 is 2.50 bits per heavy atom. The molecule has 0 aliphatic carbocycles. The molecule has 0 saturated carbocycles. The predicted octanol–water partition coefficient (Wildman–Crippen LogP) is 2.50. The Balaban J connectivity index is 2.01. The number of nitrogens with zero attached hydrogens (tertiary/aromatic N) is 4. The van der Waals surface area contributed by atoms with Crippen molar-refractivity contribution in [1.29, 1.82) is 0 Å². The minimum atomic E-state index is 0.704. The molecule has 1 N–H and O–H groups in total. The van der Waals surface area contributed by atoms with Gasteiger partial charge in [-0.3, -0.25) is 4.40 Å². The van der Waals surface area contributed by atoms with Crippen LogP contribution in [0.2, 0.25) is 0 Å². The third-order valence-electron chi connectivity index (χ3n) is 3.28. The Morgan fingerprint density at radius 1 is 1.10 bits per heavy atom.